The first kappa shape index (κ1) is 21.9. The number of methoxy groups -OCH3 is 1. The van der Waals surface area contributed by atoms with Crippen LogP contribution in [0.25, 0.3) is 0 Å². The van der Waals surface area contributed by atoms with E-state index in [1.54, 1.807) is 19.2 Å². The van der Waals surface area contributed by atoms with Crippen molar-refractivity contribution < 1.29 is 14.3 Å². The molecule has 2 amide bonds. The number of nitrogens with one attached hydrogen (secondary N) is 2. The van der Waals surface area contributed by atoms with Gasteiger partial charge in [0.25, 0.3) is 5.91 Å². The molecule has 0 saturated heterocycles. The topological polar surface area (TPSA) is 67.4 Å². The fraction of sp³-hybridized carbons (Fsp3) is 0.217. The Balaban J connectivity index is 1.48. The molecule has 0 saturated carbocycles. The molecule has 0 aliphatic carbocycles. The molecule has 1 atom stereocenters. The SMILES string of the molecule is COc1ccc(CC(=O)NCc2ccc(C(=O)NC(C)c3ccc(Cl)s3)cc2)cc1. The summed E-state index contributed by atoms with van der Waals surface area (Å²) in [4.78, 5) is 25.6. The minimum atomic E-state index is -0.151. The molecule has 0 aliphatic rings. The predicted octanol–water partition coefficient (Wildman–Crippen LogP) is 4.76. The van der Waals surface area contributed by atoms with Crippen LogP contribution in [0.3, 0.4) is 0 Å². The van der Waals surface area contributed by atoms with Crippen molar-refractivity contribution in [3.05, 3.63) is 86.6 Å². The van der Waals surface area contributed by atoms with Gasteiger partial charge in [-0.1, -0.05) is 35.9 Å². The van der Waals surface area contributed by atoms with E-state index in [9.17, 15) is 9.59 Å². The Bertz CT molecular complexity index is 1000. The van der Waals surface area contributed by atoms with E-state index in [0.717, 1.165) is 21.8 Å². The summed E-state index contributed by atoms with van der Waals surface area (Å²) in [6.07, 6.45) is 0.301. The van der Waals surface area contributed by atoms with E-state index in [1.807, 2.05) is 55.5 Å². The van der Waals surface area contributed by atoms with Gasteiger partial charge >= 0.3 is 0 Å². The van der Waals surface area contributed by atoms with Crippen LogP contribution in [-0.2, 0) is 17.8 Å². The Morgan fingerprint density at radius 3 is 2.27 bits per heavy atom. The Morgan fingerprint density at radius 1 is 1.00 bits per heavy atom. The number of rotatable bonds is 8. The third-order valence-corrected chi connectivity index (χ3v) is 6.01. The van der Waals surface area contributed by atoms with Crippen molar-refractivity contribution in [3.8, 4) is 5.75 Å². The van der Waals surface area contributed by atoms with Crippen LogP contribution in [0.1, 0.15) is 39.3 Å². The second-order valence-electron chi connectivity index (χ2n) is 6.84. The van der Waals surface area contributed by atoms with Crippen LogP contribution in [0.15, 0.2) is 60.7 Å². The fourth-order valence-electron chi connectivity index (χ4n) is 2.88. The number of thiophene rings is 1. The highest BCUT2D eigenvalue weighted by atomic mass is 35.5. The zero-order chi connectivity index (χ0) is 21.5. The van der Waals surface area contributed by atoms with Crippen molar-refractivity contribution >= 4 is 34.8 Å². The molecule has 5 nitrogen and oxygen atoms in total. The molecule has 0 fully saturated rings. The highest BCUT2D eigenvalue weighted by Crippen LogP contribution is 2.26. The van der Waals surface area contributed by atoms with Gasteiger partial charge in [-0.2, -0.15) is 0 Å². The minimum Gasteiger partial charge on any atom is -0.497 e. The minimum absolute atomic E-state index is 0.0644. The summed E-state index contributed by atoms with van der Waals surface area (Å²) >= 11 is 7.41. The number of halogens is 1. The number of benzene rings is 2. The second kappa shape index (κ2) is 10.3. The van der Waals surface area contributed by atoms with Crippen molar-refractivity contribution in [3.63, 3.8) is 0 Å². The van der Waals surface area contributed by atoms with Gasteiger partial charge in [0.15, 0.2) is 0 Å². The van der Waals surface area contributed by atoms with E-state index >= 15 is 0 Å². The number of ether oxygens (including phenoxy) is 1. The standard InChI is InChI=1S/C23H23ClN2O3S/c1-15(20-11-12-21(24)30-20)26-23(28)18-7-3-17(4-8-18)14-25-22(27)13-16-5-9-19(29-2)10-6-16/h3-12,15H,13-14H2,1-2H3,(H,25,27)(H,26,28). The third kappa shape index (κ3) is 6.08. The summed E-state index contributed by atoms with van der Waals surface area (Å²) in [6, 6.07) is 18.2. The number of hydrogen-bond donors (Lipinski definition) is 2. The van der Waals surface area contributed by atoms with E-state index in [4.69, 9.17) is 16.3 Å². The lowest BCUT2D eigenvalue weighted by molar-refractivity contribution is -0.120. The number of carbonyl (C=O) groups is 2. The van der Waals surface area contributed by atoms with Crippen molar-refractivity contribution in [1.29, 1.82) is 0 Å². The average Bonchev–Trinajstić information content (AvgIpc) is 3.19. The monoisotopic (exact) mass is 442 g/mol. The quantitative estimate of drug-likeness (QED) is 0.528. The van der Waals surface area contributed by atoms with E-state index in [2.05, 4.69) is 10.6 Å². The van der Waals surface area contributed by atoms with E-state index in [0.29, 0.717) is 22.9 Å². The molecule has 0 aliphatic heterocycles. The largest absolute Gasteiger partial charge is 0.497 e. The van der Waals surface area contributed by atoms with Crippen LogP contribution < -0.4 is 15.4 Å². The molecule has 0 spiro atoms. The second-order valence-corrected chi connectivity index (χ2v) is 8.58. The van der Waals surface area contributed by atoms with Gasteiger partial charge in [0.2, 0.25) is 5.91 Å². The molecule has 0 radical (unpaired) electrons. The van der Waals surface area contributed by atoms with Crippen molar-refractivity contribution in [2.24, 2.45) is 0 Å². The highest BCUT2D eigenvalue weighted by Gasteiger charge is 2.13. The van der Waals surface area contributed by atoms with Crippen LogP contribution >= 0.6 is 22.9 Å². The van der Waals surface area contributed by atoms with Gasteiger partial charge in [0, 0.05) is 17.0 Å². The Labute approximate surface area is 185 Å². The number of hydrogen-bond acceptors (Lipinski definition) is 4. The Hall–Kier alpha value is -2.83. The summed E-state index contributed by atoms with van der Waals surface area (Å²) in [6.45, 7) is 2.33. The molecule has 1 unspecified atom stereocenters. The van der Waals surface area contributed by atoms with E-state index < -0.39 is 0 Å². The molecule has 7 heteroatoms. The van der Waals surface area contributed by atoms with Gasteiger partial charge in [0.05, 0.1) is 23.9 Å². The number of amides is 2. The molecule has 30 heavy (non-hydrogen) atoms. The maximum atomic E-state index is 12.4. The zero-order valence-electron chi connectivity index (χ0n) is 16.8. The zero-order valence-corrected chi connectivity index (χ0v) is 18.3. The molecule has 3 rings (SSSR count). The maximum absolute atomic E-state index is 12.4. The summed E-state index contributed by atoms with van der Waals surface area (Å²) in [5, 5.41) is 5.86. The first-order valence-corrected chi connectivity index (χ1v) is 10.7. The Kier molecular flexibility index (Phi) is 7.49. The molecule has 1 aromatic heterocycles. The molecule has 2 aromatic carbocycles. The molecular weight excluding hydrogens is 420 g/mol. The van der Waals surface area contributed by atoms with Crippen LogP contribution in [0.4, 0.5) is 0 Å². The molecular formula is C23H23ClN2O3S. The smallest absolute Gasteiger partial charge is 0.251 e. The predicted molar refractivity (Wildman–Crippen MR) is 120 cm³/mol. The van der Waals surface area contributed by atoms with Gasteiger partial charge in [-0.05, 0) is 54.4 Å². The van der Waals surface area contributed by atoms with Crippen LogP contribution in [0.2, 0.25) is 4.34 Å². The van der Waals surface area contributed by atoms with E-state index in [-0.39, 0.29) is 17.9 Å². The van der Waals surface area contributed by atoms with Gasteiger partial charge in [0.1, 0.15) is 5.75 Å². The lowest BCUT2D eigenvalue weighted by Crippen LogP contribution is -2.26. The molecule has 2 N–H and O–H groups in total. The van der Waals surface area contributed by atoms with Crippen molar-refractivity contribution in [1.82, 2.24) is 10.6 Å². The van der Waals surface area contributed by atoms with Crippen LogP contribution in [0, 0.1) is 0 Å². The van der Waals surface area contributed by atoms with Gasteiger partial charge in [-0.3, -0.25) is 9.59 Å². The van der Waals surface area contributed by atoms with E-state index in [1.165, 1.54) is 11.3 Å². The van der Waals surface area contributed by atoms with Crippen LogP contribution in [-0.4, -0.2) is 18.9 Å². The summed E-state index contributed by atoms with van der Waals surface area (Å²) in [5.41, 5.74) is 2.41. The number of carbonyl (C=O) groups excluding carboxylic acids is 2. The molecule has 3 aromatic rings. The third-order valence-electron chi connectivity index (χ3n) is 4.60. The Morgan fingerprint density at radius 2 is 1.67 bits per heavy atom. The van der Waals surface area contributed by atoms with Gasteiger partial charge in [-0.25, -0.2) is 0 Å². The maximum Gasteiger partial charge on any atom is 0.251 e. The lowest BCUT2D eigenvalue weighted by Gasteiger charge is -2.12. The van der Waals surface area contributed by atoms with Crippen LogP contribution in [0.5, 0.6) is 5.75 Å². The van der Waals surface area contributed by atoms with Crippen molar-refractivity contribution in [2.75, 3.05) is 7.11 Å². The summed E-state index contributed by atoms with van der Waals surface area (Å²) in [7, 11) is 1.61. The lowest BCUT2D eigenvalue weighted by atomic mass is 10.1. The van der Waals surface area contributed by atoms with Crippen molar-refractivity contribution in [2.45, 2.75) is 25.9 Å². The fourth-order valence-corrected chi connectivity index (χ4v) is 3.94. The van der Waals surface area contributed by atoms with Gasteiger partial charge < -0.3 is 15.4 Å². The summed E-state index contributed by atoms with van der Waals surface area (Å²) < 4.78 is 5.82. The highest BCUT2D eigenvalue weighted by molar-refractivity contribution is 7.16. The average molecular weight is 443 g/mol. The molecule has 156 valence electrons. The first-order chi connectivity index (χ1) is 14.4. The first-order valence-electron chi connectivity index (χ1n) is 9.49. The molecule has 1 heterocycles. The summed E-state index contributed by atoms with van der Waals surface area (Å²) in [5.74, 6) is 0.546. The normalized spacial score (nSPS) is 11.6. The van der Waals surface area contributed by atoms with Gasteiger partial charge in [-0.15, -0.1) is 11.3 Å². The molecule has 0 bridgehead atoms.